The molecule has 0 unspecified atom stereocenters. The number of nitrogens with zero attached hydrogens (tertiary/aromatic N) is 1. The SMILES string of the molecule is Cc1cccc(CNC(=O)NCCC(=O)NC2CCCCC2)n1. The van der Waals surface area contributed by atoms with Crippen LogP contribution in [0.5, 0.6) is 0 Å². The average molecular weight is 318 g/mol. The zero-order valence-electron chi connectivity index (χ0n) is 13.7. The summed E-state index contributed by atoms with van der Waals surface area (Å²) in [6.07, 6.45) is 6.11. The molecule has 0 spiro atoms. The molecule has 0 bridgehead atoms. The van der Waals surface area contributed by atoms with Crippen LogP contribution in [0.3, 0.4) is 0 Å². The molecule has 0 radical (unpaired) electrons. The maximum Gasteiger partial charge on any atom is 0.315 e. The van der Waals surface area contributed by atoms with Gasteiger partial charge in [0.25, 0.3) is 0 Å². The molecule has 6 heteroatoms. The van der Waals surface area contributed by atoms with Gasteiger partial charge in [-0.25, -0.2) is 4.79 Å². The number of pyridine rings is 1. The smallest absolute Gasteiger partial charge is 0.315 e. The quantitative estimate of drug-likeness (QED) is 0.750. The number of amides is 3. The number of aromatic nitrogens is 1. The molecule has 3 N–H and O–H groups in total. The fourth-order valence-electron chi connectivity index (χ4n) is 2.77. The van der Waals surface area contributed by atoms with E-state index in [1.54, 1.807) is 0 Å². The van der Waals surface area contributed by atoms with E-state index in [0.29, 0.717) is 25.6 Å². The van der Waals surface area contributed by atoms with E-state index in [-0.39, 0.29) is 11.9 Å². The zero-order chi connectivity index (χ0) is 16.5. The Bertz CT molecular complexity index is 527. The minimum Gasteiger partial charge on any atom is -0.353 e. The highest BCUT2D eigenvalue weighted by Gasteiger charge is 2.15. The predicted octanol–water partition coefficient (Wildman–Crippen LogP) is 2.03. The van der Waals surface area contributed by atoms with Gasteiger partial charge in [0.1, 0.15) is 0 Å². The number of hydrogen-bond acceptors (Lipinski definition) is 3. The van der Waals surface area contributed by atoms with Crippen LogP contribution >= 0.6 is 0 Å². The maximum atomic E-state index is 11.8. The van der Waals surface area contributed by atoms with Crippen LogP contribution in [0.1, 0.15) is 49.9 Å². The van der Waals surface area contributed by atoms with Crippen LogP contribution in [0, 0.1) is 6.92 Å². The van der Waals surface area contributed by atoms with Gasteiger partial charge in [0.15, 0.2) is 0 Å². The van der Waals surface area contributed by atoms with Crippen molar-refractivity contribution in [2.45, 2.75) is 58.0 Å². The molecule has 0 aromatic carbocycles. The van der Waals surface area contributed by atoms with E-state index in [1.165, 1.54) is 19.3 Å². The third-order valence-corrected chi connectivity index (χ3v) is 3.98. The third-order valence-electron chi connectivity index (χ3n) is 3.98. The molecule has 1 aliphatic rings. The number of carbonyl (C=O) groups excluding carboxylic acids is 2. The van der Waals surface area contributed by atoms with Gasteiger partial charge in [-0.2, -0.15) is 0 Å². The van der Waals surface area contributed by atoms with Gasteiger partial charge in [-0.15, -0.1) is 0 Å². The summed E-state index contributed by atoms with van der Waals surface area (Å²) in [6.45, 7) is 2.63. The molecule has 1 fully saturated rings. The second kappa shape index (κ2) is 9.12. The van der Waals surface area contributed by atoms with Gasteiger partial charge in [0.2, 0.25) is 5.91 Å². The molecule has 2 rings (SSSR count). The molecule has 0 aliphatic heterocycles. The standard InChI is InChI=1S/C17H26N4O2/c1-13-6-5-9-15(20-13)12-19-17(23)18-11-10-16(22)21-14-7-3-2-4-8-14/h5-6,9,14H,2-4,7-8,10-12H2,1H3,(H,21,22)(H2,18,19,23). The van der Waals surface area contributed by atoms with Gasteiger partial charge >= 0.3 is 6.03 Å². The Hall–Kier alpha value is -2.11. The first kappa shape index (κ1) is 17.2. The molecule has 0 atom stereocenters. The van der Waals surface area contributed by atoms with E-state index < -0.39 is 0 Å². The van der Waals surface area contributed by atoms with Crippen LogP contribution in [-0.2, 0) is 11.3 Å². The lowest BCUT2D eigenvalue weighted by Gasteiger charge is -2.22. The van der Waals surface area contributed by atoms with Crippen molar-refractivity contribution in [3.05, 3.63) is 29.6 Å². The van der Waals surface area contributed by atoms with Crippen LogP contribution in [-0.4, -0.2) is 29.5 Å². The third kappa shape index (κ3) is 6.67. The highest BCUT2D eigenvalue weighted by atomic mass is 16.2. The summed E-state index contributed by atoms with van der Waals surface area (Å²) in [5.74, 6) is 0.0116. The molecule has 1 heterocycles. The Morgan fingerprint density at radius 2 is 1.96 bits per heavy atom. The molecule has 1 aromatic heterocycles. The maximum absolute atomic E-state index is 11.8. The van der Waals surface area contributed by atoms with E-state index in [1.807, 2.05) is 25.1 Å². The summed E-state index contributed by atoms with van der Waals surface area (Å²) in [4.78, 5) is 27.8. The van der Waals surface area contributed by atoms with Crippen molar-refractivity contribution < 1.29 is 9.59 Å². The first-order valence-corrected chi connectivity index (χ1v) is 8.37. The fraction of sp³-hybridized carbons (Fsp3) is 0.588. The van der Waals surface area contributed by atoms with Gasteiger partial charge in [-0.1, -0.05) is 25.3 Å². The molecule has 126 valence electrons. The van der Waals surface area contributed by atoms with E-state index in [4.69, 9.17) is 0 Å². The molecule has 1 saturated carbocycles. The molecular weight excluding hydrogens is 292 g/mol. The average Bonchev–Trinajstić information content (AvgIpc) is 2.54. The Labute approximate surface area is 137 Å². The number of aryl methyl sites for hydroxylation is 1. The Morgan fingerprint density at radius 3 is 2.70 bits per heavy atom. The lowest BCUT2D eigenvalue weighted by Crippen LogP contribution is -2.40. The van der Waals surface area contributed by atoms with E-state index in [0.717, 1.165) is 24.2 Å². The lowest BCUT2D eigenvalue weighted by atomic mass is 9.95. The topological polar surface area (TPSA) is 83.1 Å². The van der Waals surface area contributed by atoms with Gasteiger partial charge in [0.05, 0.1) is 12.2 Å². The van der Waals surface area contributed by atoms with Crippen LogP contribution in [0.2, 0.25) is 0 Å². The fourth-order valence-corrected chi connectivity index (χ4v) is 2.77. The largest absolute Gasteiger partial charge is 0.353 e. The molecule has 1 aromatic rings. The Morgan fingerprint density at radius 1 is 1.17 bits per heavy atom. The number of carbonyl (C=O) groups is 2. The summed E-state index contributed by atoms with van der Waals surface area (Å²) in [7, 11) is 0. The Balaban J connectivity index is 1.58. The highest BCUT2D eigenvalue weighted by Crippen LogP contribution is 2.17. The molecule has 0 saturated heterocycles. The van der Waals surface area contributed by atoms with Gasteiger partial charge in [-0.3, -0.25) is 9.78 Å². The number of hydrogen-bond donors (Lipinski definition) is 3. The van der Waals surface area contributed by atoms with Crippen molar-refractivity contribution >= 4 is 11.9 Å². The van der Waals surface area contributed by atoms with E-state index in [9.17, 15) is 9.59 Å². The van der Waals surface area contributed by atoms with E-state index >= 15 is 0 Å². The first-order chi connectivity index (χ1) is 11.1. The summed E-state index contributed by atoms with van der Waals surface area (Å²) in [5.41, 5.74) is 1.74. The molecule has 6 nitrogen and oxygen atoms in total. The first-order valence-electron chi connectivity index (χ1n) is 8.37. The van der Waals surface area contributed by atoms with Gasteiger partial charge < -0.3 is 16.0 Å². The van der Waals surface area contributed by atoms with E-state index in [2.05, 4.69) is 20.9 Å². The van der Waals surface area contributed by atoms with Crippen LogP contribution in [0.15, 0.2) is 18.2 Å². The predicted molar refractivity (Wildman–Crippen MR) is 88.8 cm³/mol. The lowest BCUT2D eigenvalue weighted by molar-refractivity contribution is -0.121. The second-order valence-electron chi connectivity index (χ2n) is 6.03. The summed E-state index contributed by atoms with van der Waals surface area (Å²) >= 11 is 0. The molecule has 3 amide bonds. The second-order valence-corrected chi connectivity index (χ2v) is 6.03. The van der Waals surface area contributed by atoms with Crippen molar-refractivity contribution in [3.8, 4) is 0 Å². The summed E-state index contributed by atoms with van der Waals surface area (Å²) in [5, 5.41) is 8.47. The van der Waals surface area contributed by atoms with Crippen molar-refractivity contribution in [1.29, 1.82) is 0 Å². The number of nitrogens with one attached hydrogen (secondary N) is 3. The molecule has 1 aliphatic carbocycles. The summed E-state index contributed by atoms with van der Waals surface area (Å²) < 4.78 is 0. The normalized spacial score (nSPS) is 15.0. The van der Waals surface area contributed by atoms with Crippen LogP contribution < -0.4 is 16.0 Å². The van der Waals surface area contributed by atoms with Crippen molar-refractivity contribution in [2.24, 2.45) is 0 Å². The molecule has 23 heavy (non-hydrogen) atoms. The highest BCUT2D eigenvalue weighted by molar-refractivity contribution is 5.78. The minimum absolute atomic E-state index is 0.0116. The van der Waals surface area contributed by atoms with Gasteiger partial charge in [0, 0.05) is 24.7 Å². The summed E-state index contributed by atoms with van der Waals surface area (Å²) in [6, 6.07) is 5.72. The number of rotatable bonds is 6. The minimum atomic E-state index is -0.279. The monoisotopic (exact) mass is 318 g/mol. The van der Waals surface area contributed by atoms with Crippen molar-refractivity contribution in [3.63, 3.8) is 0 Å². The van der Waals surface area contributed by atoms with Crippen molar-refractivity contribution in [1.82, 2.24) is 20.9 Å². The van der Waals surface area contributed by atoms with Crippen LogP contribution in [0.4, 0.5) is 4.79 Å². The van der Waals surface area contributed by atoms with Gasteiger partial charge in [-0.05, 0) is 31.9 Å². The number of urea groups is 1. The molecular formula is C17H26N4O2. The van der Waals surface area contributed by atoms with Crippen molar-refractivity contribution in [2.75, 3.05) is 6.54 Å². The zero-order valence-corrected chi connectivity index (χ0v) is 13.7. The Kier molecular flexibility index (Phi) is 6.84. The van der Waals surface area contributed by atoms with Crippen LogP contribution in [0.25, 0.3) is 0 Å².